The lowest BCUT2D eigenvalue weighted by molar-refractivity contribution is -0.147. The summed E-state index contributed by atoms with van der Waals surface area (Å²) in [5, 5.41) is 7.42. The van der Waals surface area contributed by atoms with Gasteiger partial charge >= 0.3 is 12.1 Å². The van der Waals surface area contributed by atoms with Crippen molar-refractivity contribution in [2.24, 2.45) is 17.8 Å². The Morgan fingerprint density at radius 1 is 1.11 bits per heavy atom. The molecule has 0 radical (unpaired) electrons. The average molecular weight is 625 g/mol. The Balaban J connectivity index is 1.48. The molecule has 2 aromatic heterocycles. The van der Waals surface area contributed by atoms with Gasteiger partial charge in [0.05, 0.1) is 24.1 Å². The maximum Gasteiger partial charge on any atom is 0.410 e. The van der Waals surface area contributed by atoms with Crippen molar-refractivity contribution in [2.75, 3.05) is 19.7 Å². The minimum absolute atomic E-state index is 0.0598. The number of nitrogens with zero attached hydrogens (tertiary/aromatic N) is 4. The maximum atomic E-state index is 16.4. The predicted molar refractivity (Wildman–Crippen MR) is 166 cm³/mol. The van der Waals surface area contributed by atoms with Crippen molar-refractivity contribution in [2.45, 2.75) is 91.3 Å². The number of carbonyl (C=O) groups excluding carboxylic acids is 3. The predicted octanol–water partition coefficient (Wildman–Crippen LogP) is 5.73. The van der Waals surface area contributed by atoms with Crippen molar-refractivity contribution in [1.82, 2.24) is 30.0 Å². The minimum Gasteiger partial charge on any atom is -0.466 e. The molecule has 2 amide bonds. The Morgan fingerprint density at radius 3 is 2.51 bits per heavy atom. The van der Waals surface area contributed by atoms with Gasteiger partial charge in [0.25, 0.3) is 5.91 Å². The van der Waals surface area contributed by atoms with E-state index in [1.165, 1.54) is 4.90 Å². The number of hydrogen-bond donors (Lipinski definition) is 2. The highest BCUT2D eigenvalue weighted by Gasteiger charge is 2.44. The SMILES string of the molecule is CCOC(=O)C1CN(C(=O)OC(C)(C)C)CC1c1ccc2[nH]c([C@@H](NC(=O)c3ccnn3CC)C3CCC(C)CC3)nc2c1F. The number of carbonyl (C=O) groups is 3. The number of imidazole rings is 1. The van der Waals surface area contributed by atoms with Crippen LogP contribution in [-0.4, -0.2) is 67.9 Å². The van der Waals surface area contributed by atoms with E-state index < -0.39 is 41.4 Å². The highest BCUT2D eigenvalue weighted by atomic mass is 19.1. The Bertz CT molecular complexity index is 1540. The second kappa shape index (κ2) is 13.2. The molecule has 2 aliphatic rings. The summed E-state index contributed by atoms with van der Waals surface area (Å²) in [7, 11) is 0. The number of aromatic amines is 1. The second-order valence-electron chi connectivity index (χ2n) is 13.3. The first-order chi connectivity index (χ1) is 21.4. The van der Waals surface area contributed by atoms with E-state index in [0.717, 1.165) is 25.7 Å². The monoisotopic (exact) mass is 624 g/mol. The molecule has 12 heteroatoms. The zero-order chi connectivity index (χ0) is 32.5. The molecule has 1 aliphatic carbocycles. The molecule has 45 heavy (non-hydrogen) atoms. The standard InChI is InChI=1S/C33H45FN6O5/c1-7-40-25(15-16-35-40)30(41)38-27(20-11-9-19(3)10-12-20)29-36-24-14-13-21(26(34)28(24)37-29)22-17-39(32(43)45-33(4,5)6)18-23(22)31(42)44-8-2/h13-16,19-20,22-23,27H,7-12,17-18H2,1-6H3,(H,36,37)(H,38,41)/t19?,20?,22?,23?,27-/m0/s1. The third-order valence-corrected chi connectivity index (χ3v) is 8.96. The van der Waals surface area contributed by atoms with Gasteiger partial charge in [-0.15, -0.1) is 0 Å². The first-order valence-electron chi connectivity index (χ1n) is 16.0. The lowest BCUT2D eigenvalue weighted by Gasteiger charge is -2.32. The van der Waals surface area contributed by atoms with E-state index in [2.05, 4.69) is 22.3 Å². The smallest absolute Gasteiger partial charge is 0.410 e. The van der Waals surface area contributed by atoms with E-state index in [1.807, 2.05) is 6.92 Å². The van der Waals surface area contributed by atoms with Crippen LogP contribution in [0, 0.1) is 23.6 Å². The molecular weight excluding hydrogens is 579 g/mol. The summed E-state index contributed by atoms with van der Waals surface area (Å²) in [6.45, 7) is 12.1. The number of benzene rings is 1. The molecule has 1 saturated carbocycles. The topological polar surface area (TPSA) is 131 Å². The van der Waals surface area contributed by atoms with Crippen LogP contribution in [0.1, 0.15) is 101 Å². The van der Waals surface area contributed by atoms with Gasteiger partial charge in [0.2, 0.25) is 0 Å². The minimum atomic E-state index is -0.762. The Morgan fingerprint density at radius 2 is 1.84 bits per heavy atom. The number of rotatable bonds is 8. The quantitative estimate of drug-likeness (QED) is 0.306. The lowest BCUT2D eigenvalue weighted by atomic mass is 9.79. The zero-order valence-electron chi connectivity index (χ0n) is 27.1. The number of nitrogens with one attached hydrogen (secondary N) is 2. The van der Waals surface area contributed by atoms with Gasteiger partial charge in [0.15, 0.2) is 5.82 Å². The van der Waals surface area contributed by atoms with Crippen LogP contribution in [0.2, 0.25) is 0 Å². The molecule has 3 heterocycles. The number of likely N-dealkylation sites (tertiary alicyclic amines) is 1. The number of esters is 1. The van der Waals surface area contributed by atoms with Crippen LogP contribution in [0.25, 0.3) is 11.0 Å². The number of hydrogen-bond acceptors (Lipinski definition) is 7. The molecular formula is C33H45FN6O5. The maximum absolute atomic E-state index is 16.4. The van der Waals surface area contributed by atoms with Crippen LogP contribution in [0.5, 0.6) is 0 Å². The van der Waals surface area contributed by atoms with Gasteiger partial charge in [0.1, 0.15) is 22.6 Å². The molecule has 1 aromatic carbocycles. The summed E-state index contributed by atoms with van der Waals surface area (Å²) in [5.41, 5.74) is 0.634. The summed E-state index contributed by atoms with van der Waals surface area (Å²) >= 11 is 0. The van der Waals surface area contributed by atoms with E-state index in [9.17, 15) is 14.4 Å². The number of halogens is 1. The van der Waals surface area contributed by atoms with E-state index in [-0.39, 0.29) is 42.6 Å². The normalized spacial score (nSPS) is 22.8. The molecule has 1 aliphatic heterocycles. The van der Waals surface area contributed by atoms with Gasteiger partial charge in [-0.05, 0) is 77.0 Å². The first-order valence-corrected chi connectivity index (χ1v) is 16.0. The molecule has 244 valence electrons. The van der Waals surface area contributed by atoms with Gasteiger partial charge in [-0.2, -0.15) is 5.10 Å². The number of amides is 2. The molecule has 3 atom stereocenters. The second-order valence-corrected chi connectivity index (χ2v) is 13.3. The zero-order valence-corrected chi connectivity index (χ0v) is 27.1. The largest absolute Gasteiger partial charge is 0.466 e. The molecule has 2 fully saturated rings. The Hall–Kier alpha value is -3.96. The van der Waals surface area contributed by atoms with E-state index in [1.54, 1.807) is 56.8 Å². The van der Waals surface area contributed by atoms with Crippen LogP contribution in [0.4, 0.5) is 9.18 Å². The molecule has 2 unspecified atom stereocenters. The fourth-order valence-electron chi connectivity index (χ4n) is 6.61. The molecule has 5 rings (SSSR count). The van der Waals surface area contributed by atoms with Gasteiger partial charge in [-0.1, -0.05) is 25.8 Å². The first kappa shape index (κ1) is 32.4. The van der Waals surface area contributed by atoms with Crippen molar-refractivity contribution in [3.8, 4) is 0 Å². The van der Waals surface area contributed by atoms with Crippen molar-refractivity contribution in [3.05, 3.63) is 47.3 Å². The van der Waals surface area contributed by atoms with Crippen LogP contribution in [0.15, 0.2) is 24.4 Å². The fraction of sp³-hybridized carbons (Fsp3) is 0.606. The molecule has 11 nitrogen and oxygen atoms in total. The van der Waals surface area contributed by atoms with Gasteiger partial charge in [-0.25, -0.2) is 14.2 Å². The summed E-state index contributed by atoms with van der Waals surface area (Å²) in [6.07, 6.45) is 4.93. The van der Waals surface area contributed by atoms with Crippen LogP contribution in [0.3, 0.4) is 0 Å². The third-order valence-electron chi connectivity index (χ3n) is 8.96. The number of aromatic nitrogens is 4. The van der Waals surface area contributed by atoms with Gasteiger partial charge in [0, 0.05) is 31.7 Å². The average Bonchev–Trinajstić information content (AvgIpc) is 3.74. The van der Waals surface area contributed by atoms with Crippen LogP contribution >= 0.6 is 0 Å². The lowest BCUT2D eigenvalue weighted by Crippen LogP contribution is -2.36. The number of H-pyrrole nitrogens is 1. The summed E-state index contributed by atoms with van der Waals surface area (Å²) < 4.78 is 28.9. The Kier molecular flexibility index (Phi) is 9.50. The summed E-state index contributed by atoms with van der Waals surface area (Å²) in [6, 6.07) is 4.62. The summed E-state index contributed by atoms with van der Waals surface area (Å²) in [5.74, 6) is -1.51. The van der Waals surface area contributed by atoms with Crippen molar-refractivity contribution >= 4 is 29.0 Å². The van der Waals surface area contributed by atoms with Gasteiger partial charge in [-0.3, -0.25) is 14.3 Å². The van der Waals surface area contributed by atoms with Crippen molar-refractivity contribution < 1.29 is 28.2 Å². The Labute approximate surface area is 263 Å². The highest BCUT2D eigenvalue weighted by molar-refractivity contribution is 5.92. The molecule has 0 bridgehead atoms. The van der Waals surface area contributed by atoms with E-state index >= 15 is 4.39 Å². The third kappa shape index (κ3) is 6.99. The number of aryl methyl sites for hydroxylation is 1. The van der Waals surface area contributed by atoms with Crippen molar-refractivity contribution in [3.63, 3.8) is 0 Å². The van der Waals surface area contributed by atoms with Crippen LogP contribution < -0.4 is 5.32 Å². The molecule has 3 aromatic rings. The van der Waals surface area contributed by atoms with E-state index in [4.69, 9.17) is 14.5 Å². The number of fused-ring (bicyclic) bond motifs is 1. The van der Waals surface area contributed by atoms with Gasteiger partial charge < -0.3 is 24.7 Å². The van der Waals surface area contributed by atoms with Crippen LogP contribution in [-0.2, 0) is 20.8 Å². The van der Waals surface area contributed by atoms with Crippen molar-refractivity contribution in [1.29, 1.82) is 0 Å². The summed E-state index contributed by atoms with van der Waals surface area (Å²) in [4.78, 5) is 48.8. The molecule has 0 spiro atoms. The highest BCUT2D eigenvalue weighted by Crippen LogP contribution is 2.40. The fourth-order valence-corrected chi connectivity index (χ4v) is 6.61. The molecule has 1 saturated heterocycles. The number of ether oxygens (including phenoxy) is 2. The molecule has 2 N–H and O–H groups in total. The van der Waals surface area contributed by atoms with E-state index in [0.29, 0.717) is 29.5 Å².